The highest BCUT2D eigenvalue weighted by Crippen LogP contribution is 2.17. The SMILES string of the molecule is CCOc1ccc(OCCNC(=O)N2CCN(C=O)CC2)cc1. The van der Waals surface area contributed by atoms with Crippen LogP contribution in [0.1, 0.15) is 6.92 Å². The van der Waals surface area contributed by atoms with Gasteiger partial charge in [0.25, 0.3) is 0 Å². The Balaban J connectivity index is 1.63. The molecule has 7 nitrogen and oxygen atoms in total. The van der Waals surface area contributed by atoms with E-state index >= 15 is 0 Å². The van der Waals surface area contributed by atoms with E-state index in [1.807, 2.05) is 31.2 Å². The molecule has 1 fully saturated rings. The summed E-state index contributed by atoms with van der Waals surface area (Å²) in [5.41, 5.74) is 0. The van der Waals surface area contributed by atoms with E-state index in [9.17, 15) is 9.59 Å². The van der Waals surface area contributed by atoms with Crippen molar-refractivity contribution in [3.05, 3.63) is 24.3 Å². The molecule has 0 unspecified atom stereocenters. The Morgan fingerprint density at radius 3 is 2.30 bits per heavy atom. The number of nitrogens with one attached hydrogen (secondary N) is 1. The van der Waals surface area contributed by atoms with Gasteiger partial charge in [0.05, 0.1) is 13.2 Å². The maximum atomic E-state index is 12.0. The second-order valence-electron chi connectivity index (χ2n) is 5.11. The van der Waals surface area contributed by atoms with Gasteiger partial charge in [-0.25, -0.2) is 4.79 Å². The summed E-state index contributed by atoms with van der Waals surface area (Å²) >= 11 is 0. The summed E-state index contributed by atoms with van der Waals surface area (Å²) in [5, 5.41) is 2.82. The first kappa shape index (κ1) is 16.9. The second kappa shape index (κ2) is 8.87. The van der Waals surface area contributed by atoms with Crippen molar-refractivity contribution in [3.8, 4) is 11.5 Å². The molecule has 1 heterocycles. The Morgan fingerprint density at radius 1 is 1.13 bits per heavy atom. The van der Waals surface area contributed by atoms with E-state index < -0.39 is 0 Å². The first-order valence-electron chi connectivity index (χ1n) is 7.80. The largest absolute Gasteiger partial charge is 0.494 e. The van der Waals surface area contributed by atoms with E-state index in [0.29, 0.717) is 45.9 Å². The Hall–Kier alpha value is -2.44. The maximum absolute atomic E-state index is 12.0. The van der Waals surface area contributed by atoms with Gasteiger partial charge in [-0.05, 0) is 31.2 Å². The van der Waals surface area contributed by atoms with Gasteiger partial charge in [-0.1, -0.05) is 0 Å². The highest BCUT2D eigenvalue weighted by atomic mass is 16.5. The second-order valence-corrected chi connectivity index (χ2v) is 5.11. The topological polar surface area (TPSA) is 71.1 Å². The smallest absolute Gasteiger partial charge is 0.317 e. The van der Waals surface area contributed by atoms with Gasteiger partial charge in [0.15, 0.2) is 0 Å². The van der Waals surface area contributed by atoms with Crippen molar-refractivity contribution < 1.29 is 19.1 Å². The van der Waals surface area contributed by atoms with Crippen molar-refractivity contribution in [2.24, 2.45) is 0 Å². The number of piperazine rings is 1. The van der Waals surface area contributed by atoms with E-state index in [-0.39, 0.29) is 6.03 Å². The van der Waals surface area contributed by atoms with Crippen molar-refractivity contribution in [1.82, 2.24) is 15.1 Å². The average Bonchev–Trinajstić information content (AvgIpc) is 2.60. The molecule has 1 saturated heterocycles. The van der Waals surface area contributed by atoms with Gasteiger partial charge in [0.1, 0.15) is 18.1 Å². The van der Waals surface area contributed by atoms with E-state index in [2.05, 4.69) is 5.32 Å². The van der Waals surface area contributed by atoms with E-state index in [0.717, 1.165) is 17.9 Å². The normalized spacial score (nSPS) is 14.3. The highest BCUT2D eigenvalue weighted by molar-refractivity contribution is 5.74. The van der Waals surface area contributed by atoms with E-state index in [1.165, 1.54) is 0 Å². The number of carbonyl (C=O) groups is 2. The zero-order chi connectivity index (χ0) is 16.5. The molecule has 0 bridgehead atoms. The lowest BCUT2D eigenvalue weighted by Crippen LogP contribution is -2.51. The molecule has 1 aromatic carbocycles. The molecule has 23 heavy (non-hydrogen) atoms. The van der Waals surface area contributed by atoms with Gasteiger partial charge in [0.2, 0.25) is 6.41 Å². The van der Waals surface area contributed by atoms with Crippen LogP contribution in [0.15, 0.2) is 24.3 Å². The molecule has 1 aliphatic heterocycles. The summed E-state index contributed by atoms with van der Waals surface area (Å²) in [4.78, 5) is 25.9. The van der Waals surface area contributed by atoms with Gasteiger partial charge in [-0.15, -0.1) is 0 Å². The quantitative estimate of drug-likeness (QED) is 0.599. The van der Waals surface area contributed by atoms with Crippen LogP contribution >= 0.6 is 0 Å². The van der Waals surface area contributed by atoms with Crippen LogP contribution in [0.4, 0.5) is 4.79 Å². The molecular weight excluding hydrogens is 298 g/mol. The molecule has 0 atom stereocenters. The molecule has 2 rings (SSSR count). The molecule has 1 aromatic rings. The summed E-state index contributed by atoms with van der Waals surface area (Å²) < 4.78 is 10.9. The molecule has 1 N–H and O–H groups in total. The van der Waals surface area contributed by atoms with E-state index in [4.69, 9.17) is 9.47 Å². The third-order valence-electron chi connectivity index (χ3n) is 3.53. The lowest BCUT2D eigenvalue weighted by molar-refractivity contribution is -0.119. The Kier molecular flexibility index (Phi) is 6.53. The lowest BCUT2D eigenvalue weighted by Gasteiger charge is -2.32. The van der Waals surface area contributed by atoms with E-state index in [1.54, 1.807) is 9.80 Å². The van der Waals surface area contributed by atoms with Crippen LogP contribution in [0, 0.1) is 0 Å². The van der Waals surface area contributed by atoms with Crippen molar-refractivity contribution in [2.45, 2.75) is 6.92 Å². The van der Waals surface area contributed by atoms with Gasteiger partial charge >= 0.3 is 6.03 Å². The Morgan fingerprint density at radius 2 is 1.74 bits per heavy atom. The molecule has 7 heteroatoms. The third-order valence-corrected chi connectivity index (χ3v) is 3.53. The van der Waals surface area contributed by atoms with Gasteiger partial charge in [0, 0.05) is 26.2 Å². The van der Waals surface area contributed by atoms with Crippen molar-refractivity contribution in [2.75, 3.05) is 45.9 Å². The summed E-state index contributed by atoms with van der Waals surface area (Å²) in [6.45, 7) is 5.68. The predicted molar refractivity (Wildman–Crippen MR) is 85.7 cm³/mol. The van der Waals surface area contributed by atoms with Crippen molar-refractivity contribution in [1.29, 1.82) is 0 Å². The fourth-order valence-corrected chi connectivity index (χ4v) is 2.27. The number of hydrogen-bond acceptors (Lipinski definition) is 4. The molecule has 0 saturated carbocycles. The molecule has 0 aliphatic carbocycles. The standard InChI is InChI=1S/C16H23N3O4/c1-2-22-14-3-5-15(6-4-14)23-12-7-17-16(21)19-10-8-18(13-20)9-11-19/h3-6,13H,2,7-12H2,1H3,(H,17,21). The van der Waals surface area contributed by atoms with Gasteiger partial charge < -0.3 is 24.6 Å². The average molecular weight is 321 g/mol. The zero-order valence-electron chi connectivity index (χ0n) is 13.4. The number of amides is 3. The summed E-state index contributed by atoms with van der Waals surface area (Å²) in [6.07, 6.45) is 0.819. The van der Waals surface area contributed by atoms with Crippen LogP contribution in [0.5, 0.6) is 11.5 Å². The number of hydrogen-bond donors (Lipinski definition) is 1. The molecule has 0 spiro atoms. The van der Waals surface area contributed by atoms with Crippen LogP contribution < -0.4 is 14.8 Å². The minimum absolute atomic E-state index is 0.120. The summed E-state index contributed by atoms with van der Waals surface area (Å²) in [6, 6.07) is 7.26. The van der Waals surface area contributed by atoms with Gasteiger partial charge in [-0.3, -0.25) is 4.79 Å². The van der Waals surface area contributed by atoms with Crippen LogP contribution in [-0.4, -0.2) is 68.2 Å². The van der Waals surface area contributed by atoms with Gasteiger partial charge in [-0.2, -0.15) is 0 Å². The Bertz CT molecular complexity index is 499. The lowest BCUT2D eigenvalue weighted by atomic mass is 10.3. The monoisotopic (exact) mass is 321 g/mol. The molecule has 1 aliphatic rings. The zero-order valence-corrected chi connectivity index (χ0v) is 13.4. The summed E-state index contributed by atoms with van der Waals surface area (Å²) in [7, 11) is 0. The first-order chi connectivity index (χ1) is 11.2. The summed E-state index contributed by atoms with van der Waals surface area (Å²) in [5.74, 6) is 1.55. The van der Waals surface area contributed by atoms with Crippen molar-refractivity contribution >= 4 is 12.4 Å². The number of carbonyl (C=O) groups excluding carboxylic acids is 2. The minimum atomic E-state index is -0.120. The van der Waals surface area contributed by atoms with Crippen molar-refractivity contribution in [3.63, 3.8) is 0 Å². The highest BCUT2D eigenvalue weighted by Gasteiger charge is 2.19. The number of nitrogens with zero attached hydrogens (tertiary/aromatic N) is 2. The molecule has 0 aromatic heterocycles. The van der Waals surface area contributed by atoms with Crippen LogP contribution in [0.2, 0.25) is 0 Å². The predicted octanol–water partition coefficient (Wildman–Crippen LogP) is 0.948. The fourth-order valence-electron chi connectivity index (χ4n) is 2.27. The van der Waals surface area contributed by atoms with Crippen LogP contribution in [-0.2, 0) is 4.79 Å². The van der Waals surface area contributed by atoms with Crippen LogP contribution in [0.25, 0.3) is 0 Å². The first-order valence-corrected chi connectivity index (χ1v) is 7.80. The number of ether oxygens (including phenoxy) is 2. The third kappa shape index (κ3) is 5.36. The molecule has 0 radical (unpaired) electrons. The maximum Gasteiger partial charge on any atom is 0.317 e. The minimum Gasteiger partial charge on any atom is -0.494 e. The van der Waals surface area contributed by atoms with Crippen LogP contribution in [0.3, 0.4) is 0 Å². The molecular formula is C16H23N3O4. The fraction of sp³-hybridized carbons (Fsp3) is 0.500. The number of rotatable bonds is 7. The molecule has 3 amide bonds. The Labute approximate surface area is 136 Å². The number of benzene rings is 1. The molecule has 126 valence electrons. The number of urea groups is 1.